The molecule has 0 radical (unpaired) electrons. The van der Waals surface area contributed by atoms with Crippen LogP contribution >= 0.6 is 34.5 Å². The highest BCUT2D eigenvalue weighted by Gasteiger charge is 2.11. The topological polar surface area (TPSA) is 26.0 Å². The molecule has 2 rings (SSSR count). The Labute approximate surface area is 122 Å². The fourth-order valence-electron chi connectivity index (χ4n) is 1.84. The number of hydrogen-bond acceptors (Lipinski definition) is 2. The molecule has 1 heterocycles. The van der Waals surface area contributed by atoms with E-state index < -0.39 is 0 Å². The summed E-state index contributed by atoms with van der Waals surface area (Å²) in [6, 6.07) is 9.86. The summed E-state index contributed by atoms with van der Waals surface area (Å²) in [7, 11) is 0. The van der Waals surface area contributed by atoms with Crippen LogP contribution in [0.3, 0.4) is 0 Å². The van der Waals surface area contributed by atoms with E-state index in [9.17, 15) is 0 Å². The van der Waals surface area contributed by atoms with Crippen LogP contribution < -0.4 is 5.73 Å². The van der Waals surface area contributed by atoms with Gasteiger partial charge < -0.3 is 5.73 Å². The molecule has 0 fully saturated rings. The molecule has 96 valence electrons. The summed E-state index contributed by atoms with van der Waals surface area (Å²) in [6.45, 7) is 2.14. The molecule has 0 saturated heterocycles. The van der Waals surface area contributed by atoms with Crippen LogP contribution in [0.15, 0.2) is 30.3 Å². The molecule has 0 saturated carbocycles. The van der Waals surface area contributed by atoms with Gasteiger partial charge in [-0.15, -0.1) is 11.3 Å². The molecule has 0 amide bonds. The van der Waals surface area contributed by atoms with Gasteiger partial charge in [-0.3, -0.25) is 0 Å². The minimum atomic E-state index is 0.125. The first-order valence-electron chi connectivity index (χ1n) is 5.92. The van der Waals surface area contributed by atoms with Crippen LogP contribution in [-0.4, -0.2) is 0 Å². The monoisotopic (exact) mass is 299 g/mol. The van der Waals surface area contributed by atoms with Crippen LogP contribution in [0.1, 0.15) is 30.7 Å². The van der Waals surface area contributed by atoms with E-state index in [4.69, 9.17) is 28.9 Å². The van der Waals surface area contributed by atoms with E-state index in [0.29, 0.717) is 10.0 Å². The molecule has 4 heteroatoms. The zero-order chi connectivity index (χ0) is 13.1. The largest absolute Gasteiger partial charge is 0.323 e. The Balaban J connectivity index is 2.29. The van der Waals surface area contributed by atoms with Crippen molar-refractivity contribution in [1.82, 2.24) is 0 Å². The third-order valence-electron chi connectivity index (χ3n) is 2.79. The highest BCUT2D eigenvalue weighted by molar-refractivity contribution is 7.15. The van der Waals surface area contributed by atoms with Crippen LogP contribution in [0.25, 0.3) is 10.4 Å². The van der Waals surface area contributed by atoms with Crippen molar-refractivity contribution < 1.29 is 0 Å². The Morgan fingerprint density at radius 3 is 2.67 bits per heavy atom. The van der Waals surface area contributed by atoms with Crippen LogP contribution in [0.2, 0.25) is 10.0 Å². The van der Waals surface area contributed by atoms with Gasteiger partial charge in [0.05, 0.1) is 5.02 Å². The first-order valence-corrected chi connectivity index (χ1v) is 7.49. The normalized spacial score (nSPS) is 12.7. The van der Waals surface area contributed by atoms with Crippen LogP contribution in [0.4, 0.5) is 0 Å². The molecular weight excluding hydrogens is 285 g/mol. The van der Waals surface area contributed by atoms with Crippen LogP contribution in [0, 0.1) is 0 Å². The van der Waals surface area contributed by atoms with Gasteiger partial charge >= 0.3 is 0 Å². The van der Waals surface area contributed by atoms with E-state index in [1.807, 2.05) is 12.1 Å². The maximum absolute atomic E-state index is 6.21. The molecule has 0 bridgehead atoms. The standard InChI is InChI=1S/C14H15Cl2NS/c1-2-3-12(17)14-7-6-13(18-14)10-5-4-9(15)8-11(10)16/h4-8,12H,2-3,17H2,1H3. The third-order valence-corrected chi connectivity index (χ3v) is 4.59. The fraction of sp³-hybridized carbons (Fsp3) is 0.286. The first kappa shape index (κ1) is 13.9. The molecule has 1 nitrogen and oxygen atoms in total. The molecule has 0 aliphatic heterocycles. The first-order chi connectivity index (χ1) is 8.61. The number of halogens is 2. The van der Waals surface area contributed by atoms with Crippen molar-refractivity contribution in [3.05, 3.63) is 45.3 Å². The van der Waals surface area contributed by atoms with Crippen molar-refractivity contribution in [2.75, 3.05) is 0 Å². The number of nitrogens with two attached hydrogens (primary N) is 1. The van der Waals surface area contributed by atoms with E-state index in [1.165, 1.54) is 4.88 Å². The lowest BCUT2D eigenvalue weighted by Crippen LogP contribution is -2.07. The van der Waals surface area contributed by atoms with Crippen molar-refractivity contribution in [3.63, 3.8) is 0 Å². The van der Waals surface area contributed by atoms with E-state index in [0.717, 1.165) is 23.3 Å². The van der Waals surface area contributed by atoms with Crippen molar-refractivity contribution in [2.45, 2.75) is 25.8 Å². The molecular formula is C14H15Cl2NS. The maximum Gasteiger partial charge on any atom is 0.0507 e. The van der Waals surface area contributed by atoms with Gasteiger partial charge in [0, 0.05) is 26.4 Å². The van der Waals surface area contributed by atoms with E-state index >= 15 is 0 Å². The quantitative estimate of drug-likeness (QED) is 0.790. The molecule has 2 N–H and O–H groups in total. The molecule has 18 heavy (non-hydrogen) atoms. The van der Waals surface area contributed by atoms with Gasteiger partial charge in [-0.1, -0.05) is 42.6 Å². The summed E-state index contributed by atoms with van der Waals surface area (Å²) in [5.41, 5.74) is 7.13. The summed E-state index contributed by atoms with van der Waals surface area (Å²) in [5.74, 6) is 0. The lowest BCUT2D eigenvalue weighted by Gasteiger charge is -2.06. The second-order valence-electron chi connectivity index (χ2n) is 4.22. The van der Waals surface area contributed by atoms with Gasteiger partial charge in [0.15, 0.2) is 0 Å². The Morgan fingerprint density at radius 2 is 2.00 bits per heavy atom. The lowest BCUT2D eigenvalue weighted by atomic mass is 10.1. The smallest absolute Gasteiger partial charge is 0.0507 e. The molecule has 1 aromatic carbocycles. The predicted octanol–water partition coefficient (Wildman–Crippen LogP) is 5.52. The average molecular weight is 300 g/mol. The van der Waals surface area contributed by atoms with Crippen molar-refractivity contribution >= 4 is 34.5 Å². The third kappa shape index (κ3) is 3.07. The summed E-state index contributed by atoms with van der Waals surface area (Å²) in [4.78, 5) is 2.34. The van der Waals surface area contributed by atoms with Crippen LogP contribution in [-0.2, 0) is 0 Å². The van der Waals surface area contributed by atoms with Gasteiger partial charge in [0.2, 0.25) is 0 Å². The second kappa shape index (κ2) is 6.07. The van der Waals surface area contributed by atoms with Gasteiger partial charge in [0.25, 0.3) is 0 Å². The predicted molar refractivity (Wildman–Crippen MR) is 81.6 cm³/mol. The number of thiophene rings is 1. The molecule has 1 aromatic heterocycles. The van der Waals surface area contributed by atoms with Gasteiger partial charge in [-0.05, 0) is 30.7 Å². The minimum absolute atomic E-state index is 0.125. The number of rotatable bonds is 4. The molecule has 1 atom stereocenters. The van der Waals surface area contributed by atoms with Crippen molar-refractivity contribution in [3.8, 4) is 10.4 Å². The summed E-state index contributed by atoms with van der Waals surface area (Å²) < 4.78 is 0. The molecule has 1 unspecified atom stereocenters. The van der Waals surface area contributed by atoms with Crippen molar-refractivity contribution in [1.29, 1.82) is 0 Å². The fourth-order valence-corrected chi connectivity index (χ4v) is 3.49. The number of hydrogen-bond donors (Lipinski definition) is 1. The van der Waals surface area contributed by atoms with E-state index in [2.05, 4.69) is 19.1 Å². The highest BCUT2D eigenvalue weighted by atomic mass is 35.5. The summed E-state index contributed by atoms with van der Waals surface area (Å²) >= 11 is 13.8. The second-order valence-corrected chi connectivity index (χ2v) is 6.18. The molecule has 0 spiro atoms. The van der Waals surface area contributed by atoms with Gasteiger partial charge in [0.1, 0.15) is 0 Å². The van der Waals surface area contributed by atoms with Crippen LogP contribution in [0.5, 0.6) is 0 Å². The van der Waals surface area contributed by atoms with Gasteiger partial charge in [-0.2, -0.15) is 0 Å². The zero-order valence-corrected chi connectivity index (χ0v) is 12.4. The Hall–Kier alpha value is -0.540. The molecule has 0 aliphatic carbocycles. The number of benzene rings is 1. The summed E-state index contributed by atoms with van der Waals surface area (Å²) in [5, 5.41) is 1.34. The van der Waals surface area contributed by atoms with Gasteiger partial charge in [-0.25, -0.2) is 0 Å². The highest BCUT2D eigenvalue weighted by Crippen LogP contribution is 2.36. The molecule has 0 aliphatic rings. The Morgan fingerprint density at radius 1 is 1.22 bits per heavy atom. The SMILES string of the molecule is CCCC(N)c1ccc(-c2ccc(Cl)cc2Cl)s1. The van der Waals surface area contributed by atoms with E-state index in [1.54, 1.807) is 17.4 Å². The maximum atomic E-state index is 6.21. The Bertz CT molecular complexity index is 536. The minimum Gasteiger partial charge on any atom is -0.323 e. The molecule has 2 aromatic rings. The summed E-state index contributed by atoms with van der Waals surface area (Å²) in [6.07, 6.45) is 2.10. The Kier molecular flexibility index (Phi) is 4.68. The lowest BCUT2D eigenvalue weighted by molar-refractivity contribution is 0.648. The van der Waals surface area contributed by atoms with E-state index in [-0.39, 0.29) is 6.04 Å². The zero-order valence-electron chi connectivity index (χ0n) is 10.1. The van der Waals surface area contributed by atoms with Crippen molar-refractivity contribution in [2.24, 2.45) is 5.73 Å². The average Bonchev–Trinajstić information content (AvgIpc) is 2.78.